The Bertz CT molecular complexity index is 438. The van der Waals surface area contributed by atoms with Crippen molar-refractivity contribution in [3.63, 3.8) is 0 Å². The van der Waals surface area contributed by atoms with Crippen LogP contribution in [0.4, 0.5) is 13.2 Å². The normalized spacial score (nSPS) is 15.9. The highest BCUT2D eigenvalue weighted by Gasteiger charge is 2.34. The van der Waals surface area contributed by atoms with Crippen LogP contribution in [0.15, 0.2) is 0 Å². The van der Waals surface area contributed by atoms with Gasteiger partial charge in [-0.05, 0) is 6.92 Å². The minimum atomic E-state index is -4.44. The molecule has 0 radical (unpaired) electrons. The maximum atomic E-state index is 12.1. The lowest BCUT2D eigenvalue weighted by Gasteiger charge is -2.27. The molecular weight excluding hydrogens is 235 g/mol. The Labute approximate surface area is 95.8 Å². The molecule has 1 aliphatic rings. The lowest BCUT2D eigenvalue weighted by Crippen LogP contribution is -2.38. The second-order valence-corrected chi connectivity index (χ2v) is 4.13. The van der Waals surface area contributed by atoms with E-state index in [9.17, 15) is 18.0 Å². The van der Waals surface area contributed by atoms with Crippen molar-refractivity contribution >= 4 is 5.91 Å². The summed E-state index contributed by atoms with van der Waals surface area (Å²) in [5.41, 5.74) is 2.50. The third-order valence-electron chi connectivity index (χ3n) is 2.83. The monoisotopic (exact) mass is 247 g/mol. The third-order valence-corrected chi connectivity index (χ3v) is 2.83. The highest BCUT2D eigenvalue weighted by atomic mass is 19.4. The molecule has 0 atom stereocenters. The summed E-state index contributed by atoms with van der Waals surface area (Å²) < 4.78 is 36.3. The third kappa shape index (κ3) is 2.59. The fourth-order valence-electron chi connectivity index (χ4n) is 1.93. The molecule has 0 bridgehead atoms. The van der Waals surface area contributed by atoms with Crippen LogP contribution in [-0.4, -0.2) is 33.7 Å². The van der Waals surface area contributed by atoms with Crippen LogP contribution in [0.3, 0.4) is 0 Å². The number of nitrogens with zero attached hydrogens (tertiary/aromatic N) is 2. The van der Waals surface area contributed by atoms with Gasteiger partial charge >= 0.3 is 6.18 Å². The van der Waals surface area contributed by atoms with Crippen molar-refractivity contribution < 1.29 is 18.0 Å². The molecule has 0 aliphatic carbocycles. The predicted molar refractivity (Wildman–Crippen MR) is 53.1 cm³/mol. The van der Waals surface area contributed by atoms with Gasteiger partial charge in [-0.15, -0.1) is 0 Å². The van der Waals surface area contributed by atoms with Gasteiger partial charge in [-0.25, -0.2) is 0 Å². The Hall–Kier alpha value is -1.53. The largest absolute Gasteiger partial charge is 0.397 e. The highest BCUT2D eigenvalue weighted by Crippen LogP contribution is 2.24. The molecule has 0 unspecified atom stereocenters. The molecule has 0 aromatic carbocycles. The molecule has 0 saturated carbocycles. The molecule has 1 aromatic heterocycles. The van der Waals surface area contributed by atoms with E-state index in [0.717, 1.165) is 17.0 Å². The number of halogens is 3. The van der Waals surface area contributed by atoms with Gasteiger partial charge in [-0.2, -0.15) is 18.3 Å². The fourth-order valence-corrected chi connectivity index (χ4v) is 1.93. The predicted octanol–water partition coefficient (Wildman–Crippen LogP) is 1.56. The Morgan fingerprint density at radius 2 is 2.24 bits per heavy atom. The van der Waals surface area contributed by atoms with Crippen LogP contribution >= 0.6 is 0 Å². The average Bonchev–Trinajstić information content (AvgIpc) is 2.57. The molecule has 1 aliphatic heterocycles. The highest BCUT2D eigenvalue weighted by molar-refractivity contribution is 5.77. The van der Waals surface area contributed by atoms with Crippen molar-refractivity contribution in [1.82, 2.24) is 15.1 Å². The summed E-state index contributed by atoms with van der Waals surface area (Å²) in [7, 11) is 0. The Morgan fingerprint density at radius 3 is 2.88 bits per heavy atom. The lowest BCUT2D eigenvalue weighted by atomic mass is 10.1. The van der Waals surface area contributed by atoms with Gasteiger partial charge in [0.15, 0.2) is 0 Å². The summed E-state index contributed by atoms with van der Waals surface area (Å²) in [5.74, 6) is -0.872. The number of fused-ring (bicyclic) bond motifs is 1. The number of H-pyrrole nitrogens is 1. The zero-order valence-electron chi connectivity index (χ0n) is 9.26. The van der Waals surface area contributed by atoms with Crippen LogP contribution in [0.25, 0.3) is 0 Å². The van der Waals surface area contributed by atoms with Crippen LogP contribution in [0, 0.1) is 6.92 Å². The maximum Gasteiger partial charge on any atom is 0.397 e. The van der Waals surface area contributed by atoms with E-state index in [1.807, 2.05) is 0 Å². The smallest absolute Gasteiger partial charge is 0.338 e. The van der Waals surface area contributed by atoms with E-state index < -0.39 is 18.5 Å². The number of alkyl halides is 3. The van der Waals surface area contributed by atoms with E-state index in [-0.39, 0.29) is 6.54 Å². The van der Waals surface area contributed by atoms with Gasteiger partial charge in [0, 0.05) is 30.8 Å². The molecule has 94 valence electrons. The summed E-state index contributed by atoms with van der Waals surface area (Å²) in [6, 6.07) is 0. The topological polar surface area (TPSA) is 49.0 Å². The summed E-state index contributed by atoms with van der Waals surface area (Å²) in [6.07, 6.45) is -5.33. The summed E-state index contributed by atoms with van der Waals surface area (Å²) in [6.45, 7) is 2.31. The average molecular weight is 247 g/mol. The summed E-state index contributed by atoms with van der Waals surface area (Å²) >= 11 is 0. The number of hydrogen-bond acceptors (Lipinski definition) is 2. The van der Waals surface area contributed by atoms with Gasteiger partial charge in [0.1, 0.15) is 6.42 Å². The van der Waals surface area contributed by atoms with Crippen LogP contribution < -0.4 is 0 Å². The van der Waals surface area contributed by atoms with Crippen LogP contribution in [0.1, 0.15) is 23.4 Å². The number of aromatic nitrogens is 2. The van der Waals surface area contributed by atoms with Gasteiger partial charge in [0.2, 0.25) is 5.91 Å². The molecule has 0 saturated heterocycles. The first kappa shape index (κ1) is 11.9. The number of amides is 1. The number of aromatic amines is 1. The van der Waals surface area contributed by atoms with Crippen LogP contribution in [0.2, 0.25) is 0 Å². The van der Waals surface area contributed by atoms with Crippen molar-refractivity contribution in [2.45, 2.75) is 32.5 Å². The number of carbonyl (C=O) groups is 1. The molecule has 1 aromatic rings. The van der Waals surface area contributed by atoms with E-state index in [0.29, 0.717) is 13.0 Å². The Morgan fingerprint density at radius 1 is 1.53 bits per heavy atom. The van der Waals surface area contributed by atoms with Gasteiger partial charge in [-0.1, -0.05) is 0 Å². The lowest BCUT2D eigenvalue weighted by molar-refractivity contribution is -0.162. The first-order valence-electron chi connectivity index (χ1n) is 5.24. The van der Waals surface area contributed by atoms with E-state index in [1.54, 1.807) is 6.92 Å². The van der Waals surface area contributed by atoms with Crippen molar-refractivity contribution in [3.05, 3.63) is 17.0 Å². The standard InChI is InChI=1S/C10H12F3N3O/c1-6-7-5-16(3-2-8(7)15-14-6)9(17)4-10(11,12)13/h2-5H2,1H3,(H,14,15). The van der Waals surface area contributed by atoms with Crippen LogP contribution in [-0.2, 0) is 17.8 Å². The molecular formula is C10H12F3N3O. The quantitative estimate of drug-likeness (QED) is 0.818. The van der Waals surface area contributed by atoms with Crippen molar-refractivity contribution in [1.29, 1.82) is 0 Å². The number of rotatable bonds is 1. The molecule has 1 N–H and O–H groups in total. The van der Waals surface area contributed by atoms with E-state index in [2.05, 4.69) is 10.2 Å². The Balaban J connectivity index is 2.07. The zero-order valence-corrected chi connectivity index (χ0v) is 9.26. The molecule has 1 amide bonds. The molecule has 2 rings (SSSR count). The van der Waals surface area contributed by atoms with Gasteiger partial charge in [0.05, 0.1) is 5.69 Å². The Kier molecular flexibility index (Phi) is 2.84. The molecule has 0 fully saturated rings. The van der Waals surface area contributed by atoms with Crippen molar-refractivity contribution in [2.75, 3.05) is 6.54 Å². The van der Waals surface area contributed by atoms with Gasteiger partial charge < -0.3 is 4.90 Å². The van der Waals surface area contributed by atoms with Crippen molar-refractivity contribution in [3.8, 4) is 0 Å². The minimum Gasteiger partial charge on any atom is -0.338 e. The number of nitrogens with one attached hydrogen (secondary N) is 1. The summed E-state index contributed by atoms with van der Waals surface area (Å²) in [5, 5.41) is 6.82. The number of hydrogen-bond donors (Lipinski definition) is 1. The first-order valence-corrected chi connectivity index (χ1v) is 5.24. The molecule has 4 nitrogen and oxygen atoms in total. The van der Waals surface area contributed by atoms with E-state index in [4.69, 9.17) is 0 Å². The van der Waals surface area contributed by atoms with Gasteiger partial charge in [0.25, 0.3) is 0 Å². The molecule has 2 heterocycles. The second-order valence-electron chi connectivity index (χ2n) is 4.13. The van der Waals surface area contributed by atoms with Crippen molar-refractivity contribution in [2.24, 2.45) is 0 Å². The second kappa shape index (κ2) is 4.05. The zero-order chi connectivity index (χ0) is 12.6. The van der Waals surface area contributed by atoms with Gasteiger partial charge in [-0.3, -0.25) is 9.89 Å². The molecule has 0 spiro atoms. The minimum absolute atomic E-state index is 0.215. The fraction of sp³-hybridized carbons (Fsp3) is 0.600. The summed E-state index contributed by atoms with van der Waals surface area (Å²) in [4.78, 5) is 12.7. The SMILES string of the molecule is Cc1[nH]nc2c1CN(C(=O)CC(F)(F)F)CC2. The van der Waals surface area contributed by atoms with Crippen LogP contribution in [0.5, 0.6) is 0 Å². The molecule has 17 heavy (non-hydrogen) atoms. The molecule has 7 heteroatoms. The maximum absolute atomic E-state index is 12.1. The van der Waals surface area contributed by atoms with E-state index >= 15 is 0 Å². The first-order chi connectivity index (χ1) is 7.87. The van der Waals surface area contributed by atoms with E-state index in [1.165, 1.54) is 4.90 Å². The number of carbonyl (C=O) groups excluding carboxylic acids is 1. The number of aryl methyl sites for hydroxylation is 1.